The van der Waals surface area contributed by atoms with Gasteiger partial charge in [0.15, 0.2) is 0 Å². The lowest BCUT2D eigenvalue weighted by molar-refractivity contribution is -0.154. The Kier molecular flexibility index (Phi) is 3.53. The van der Waals surface area contributed by atoms with E-state index in [-0.39, 0.29) is 28.8 Å². The normalized spacial score (nSPS) is 17.8. The van der Waals surface area contributed by atoms with Crippen molar-refractivity contribution in [3.63, 3.8) is 0 Å². The van der Waals surface area contributed by atoms with Crippen molar-refractivity contribution in [1.82, 2.24) is 9.78 Å². The van der Waals surface area contributed by atoms with Crippen molar-refractivity contribution in [1.29, 1.82) is 0 Å². The topological polar surface area (TPSA) is 62.6 Å². The molecular formula is C17H17FN2O4. The lowest BCUT2D eigenvalue weighted by atomic mass is 9.86. The van der Waals surface area contributed by atoms with Crippen LogP contribution in [0.15, 0.2) is 24.3 Å². The number of halogens is 1. The molecule has 1 saturated heterocycles. The molecule has 2 aromatic rings. The summed E-state index contributed by atoms with van der Waals surface area (Å²) in [7, 11) is 0. The number of esters is 1. The number of carbonyl (C=O) groups excluding carboxylic acids is 1. The molecular weight excluding hydrogens is 315 g/mol. The van der Waals surface area contributed by atoms with E-state index < -0.39 is 11.8 Å². The molecule has 0 saturated carbocycles. The van der Waals surface area contributed by atoms with Gasteiger partial charge in [-0.3, -0.25) is 0 Å². The Bertz CT molecular complexity index is 798. The van der Waals surface area contributed by atoms with Crippen LogP contribution in [0.1, 0.15) is 17.3 Å². The van der Waals surface area contributed by atoms with Gasteiger partial charge in [0.1, 0.15) is 23.7 Å². The van der Waals surface area contributed by atoms with Crippen LogP contribution in [0.3, 0.4) is 0 Å². The van der Waals surface area contributed by atoms with Gasteiger partial charge in [0.25, 0.3) is 0 Å². The fraction of sp³-hybridized carbons (Fsp3) is 0.412. The zero-order chi connectivity index (χ0) is 16.7. The predicted octanol–water partition coefficient (Wildman–Crippen LogP) is 2.27. The van der Waals surface area contributed by atoms with E-state index in [9.17, 15) is 9.18 Å². The molecule has 2 aliphatic heterocycles. The van der Waals surface area contributed by atoms with E-state index in [2.05, 4.69) is 5.10 Å². The van der Waals surface area contributed by atoms with Gasteiger partial charge in [-0.25, -0.2) is 13.9 Å². The molecule has 1 spiro atoms. The zero-order valence-electron chi connectivity index (χ0n) is 13.3. The van der Waals surface area contributed by atoms with Crippen molar-refractivity contribution in [2.24, 2.45) is 5.41 Å². The van der Waals surface area contributed by atoms with Gasteiger partial charge in [-0.15, -0.1) is 0 Å². The van der Waals surface area contributed by atoms with E-state index in [0.29, 0.717) is 32.2 Å². The largest absolute Gasteiger partial charge is 0.476 e. The quantitative estimate of drug-likeness (QED) is 0.807. The molecule has 1 aromatic carbocycles. The van der Waals surface area contributed by atoms with Crippen molar-refractivity contribution >= 4 is 5.97 Å². The Morgan fingerprint density at radius 3 is 2.83 bits per heavy atom. The number of aromatic nitrogens is 2. The molecule has 0 unspecified atom stereocenters. The van der Waals surface area contributed by atoms with Gasteiger partial charge < -0.3 is 14.2 Å². The first kappa shape index (κ1) is 15.1. The van der Waals surface area contributed by atoms with E-state index in [1.807, 2.05) is 0 Å². The highest BCUT2D eigenvalue weighted by Gasteiger charge is 2.45. The third kappa shape index (κ3) is 2.27. The Hall–Kier alpha value is -2.41. The van der Waals surface area contributed by atoms with Gasteiger partial charge in [-0.2, -0.15) is 5.10 Å². The number of fused-ring (bicyclic) bond motifs is 1. The zero-order valence-corrected chi connectivity index (χ0v) is 13.3. The van der Waals surface area contributed by atoms with Crippen LogP contribution in [0.25, 0.3) is 11.3 Å². The van der Waals surface area contributed by atoms with Gasteiger partial charge in [0, 0.05) is 5.56 Å². The van der Waals surface area contributed by atoms with Gasteiger partial charge in [-0.1, -0.05) is 12.1 Å². The maximum atomic E-state index is 14.2. The lowest BCUT2D eigenvalue weighted by Crippen LogP contribution is -2.52. The van der Waals surface area contributed by atoms with Gasteiger partial charge in [0.05, 0.1) is 31.8 Å². The van der Waals surface area contributed by atoms with Crippen molar-refractivity contribution in [3.05, 3.63) is 35.6 Å². The summed E-state index contributed by atoms with van der Waals surface area (Å²) in [6, 6.07) is 6.23. The third-order valence-corrected chi connectivity index (χ3v) is 4.33. The summed E-state index contributed by atoms with van der Waals surface area (Å²) in [4.78, 5) is 12.4. The highest BCUT2D eigenvalue weighted by Crippen LogP contribution is 2.40. The Labute approximate surface area is 138 Å². The molecule has 24 heavy (non-hydrogen) atoms. The molecule has 6 nitrogen and oxygen atoms in total. The van der Waals surface area contributed by atoms with E-state index in [0.717, 1.165) is 0 Å². The Morgan fingerprint density at radius 2 is 2.17 bits per heavy atom. The van der Waals surface area contributed by atoms with E-state index in [1.165, 1.54) is 6.07 Å². The monoisotopic (exact) mass is 332 g/mol. The molecule has 7 heteroatoms. The molecule has 1 aromatic heterocycles. The summed E-state index contributed by atoms with van der Waals surface area (Å²) in [6.07, 6.45) is 0. The van der Waals surface area contributed by atoms with Gasteiger partial charge in [0.2, 0.25) is 5.88 Å². The first-order valence-corrected chi connectivity index (χ1v) is 7.87. The van der Waals surface area contributed by atoms with Crippen LogP contribution in [-0.4, -0.2) is 42.2 Å². The standard InChI is InChI=1S/C17H17FN2O4/c1-2-23-16(21)13-14(11-5-3-4-6-12(11)18)19-20-7-17(8-22-9-17)10-24-15(13)20/h3-6H,2,7-10H2,1H3. The maximum absolute atomic E-state index is 14.2. The summed E-state index contributed by atoms with van der Waals surface area (Å²) in [5.74, 6) is -0.665. The highest BCUT2D eigenvalue weighted by molar-refractivity contribution is 5.99. The SMILES string of the molecule is CCOC(=O)c1c(-c2ccccc2F)nn2c1OCC1(COC1)C2. The fourth-order valence-electron chi connectivity index (χ4n) is 3.08. The van der Waals surface area contributed by atoms with Crippen LogP contribution >= 0.6 is 0 Å². The molecule has 0 amide bonds. The number of rotatable bonds is 3. The van der Waals surface area contributed by atoms with Crippen molar-refractivity contribution in [2.75, 3.05) is 26.4 Å². The van der Waals surface area contributed by atoms with Gasteiger partial charge in [-0.05, 0) is 19.1 Å². The van der Waals surface area contributed by atoms with Crippen LogP contribution < -0.4 is 4.74 Å². The molecule has 4 rings (SSSR count). The molecule has 0 radical (unpaired) electrons. The third-order valence-electron chi connectivity index (χ3n) is 4.33. The molecule has 0 bridgehead atoms. The van der Waals surface area contributed by atoms with Crippen LogP contribution in [0, 0.1) is 11.2 Å². The molecule has 3 heterocycles. The van der Waals surface area contributed by atoms with E-state index in [4.69, 9.17) is 14.2 Å². The second kappa shape index (κ2) is 5.59. The molecule has 0 atom stereocenters. The lowest BCUT2D eigenvalue weighted by Gasteiger charge is -2.43. The van der Waals surface area contributed by atoms with Crippen LogP contribution in [-0.2, 0) is 16.0 Å². The molecule has 2 aliphatic rings. The highest BCUT2D eigenvalue weighted by atomic mass is 19.1. The summed E-state index contributed by atoms with van der Waals surface area (Å²) < 4.78 is 32.1. The number of hydrogen-bond acceptors (Lipinski definition) is 5. The van der Waals surface area contributed by atoms with Crippen LogP contribution in [0.4, 0.5) is 4.39 Å². The first-order chi connectivity index (χ1) is 11.6. The van der Waals surface area contributed by atoms with E-state index in [1.54, 1.807) is 29.8 Å². The first-order valence-electron chi connectivity index (χ1n) is 7.87. The minimum Gasteiger partial charge on any atom is -0.476 e. The Balaban J connectivity index is 1.84. The Morgan fingerprint density at radius 1 is 1.38 bits per heavy atom. The van der Waals surface area contributed by atoms with Crippen LogP contribution in [0.5, 0.6) is 5.88 Å². The number of hydrogen-bond donors (Lipinski definition) is 0. The molecule has 0 N–H and O–H groups in total. The maximum Gasteiger partial charge on any atom is 0.345 e. The van der Waals surface area contributed by atoms with Crippen molar-refractivity contribution in [3.8, 4) is 17.1 Å². The summed E-state index contributed by atoms with van der Waals surface area (Å²) in [6.45, 7) is 4.15. The average Bonchev–Trinajstić information content (AvgIpc) is 2.92. The minimum absolute atomic E-state index is 0.114. The number of nitrogens with zero attached hydrogens (tertiary/aromatic N) is 2. The second-order valence-corrected chi connectivity index (χ2v) is 6.17. The minimum atomic E-state index is -0.558. The predicted molar refractivity (Wildman–Crippen MR) is 82.3 cm³/mol. The van der Waals surface area contributed by atoms with Crippen LogP contribution in [0.2, 0.25) is 0 Å². The fourth-order valence-corrected chi connectivity index (χ4v) is 3.08. The van der Waals surface area contributed by atoms with E-state index >= 15 is 0 Å². The molecule has 0 aliphatic carbocycles. The summed E-state index contributed by atoms with van der Waals surface area (Å²) >= 11 is 0. The number of carbonyl (C=O) groups is 1. The van der Waals surface area contributed by atoms with Crippen molar-refractivity contribution in [2.45, 2.75) is 13.5 Å². The number of ether oxygens (including phenoxy) is 3. The van der Waals surface area contributed by atoms with Crippen molar-refractivity contribution < 1.29 is 23.4 Å². The van der Waals surface area contributed by atoms with Gasteiger partial charge >= 0.3 is 5.97 Å². The number of benzene rings is 1. The summed E-state index contributed by atoms with van der Waals surface area (Å²) in [5, 5.41) is 4.46. The summed E-state index contributed by atoms with van der Waals surface area (Å²) in [5.41, 5.74) is 0.568. The second-order valence-electron chi connectivity index (χ2n) is 6.17. The smallest absolute Gasteiger partial charge is 0.345 e. The molecule has 126 valence electrons. The molecule has 1 fully saturated rings. The average molecular weight is 332 g/mol.